The molecule has 0 aliphatic carbocycles. The van der Waals surface area contributed by atoms with Crippen LogP contribution in [0.3, 0.4) is 0 Å². The van der Waals surface area contributed by atoms with Crippen LogP contribution in [0.15, 0.2) is 48.5 Å². The molecule has 0 atom stereocenters. The van der Waals surface area contributed by atoms with Gasteiger partial charge in [-0.25, -0.2) is 4.79 Å². The van der Waals surface area contributed by atoms with E-state index in [1.165, 1.54) is 5.56 Å². The number of benzene rings is 2. The minimum absolute atomic E-state index is 0.0943. The van der Waals surface area contributed by atoms with E-state index in [-0.39, 0.29) is 24.9 Å². The molecule has 1 fully saturated rings. The van der Waals surface area contributed by atoms with E-state index < -0.39 is 5.97 Å². The molecule has 0 bridgehead atoms. The van der Waals surface area contributed by atoms with Crippen molar-refractivity contribution in [3.05, 3.63) is 59.7 Å². The number of nitrogens with zero attached hydrogens (tertiary/aromatic N) is 1. The average Bonchev–Trinajstić information content (AvgIpc) is 3.16. The Balaban J connectivity index is 1.44. The highest BCUT2D eigenvalue weighted by Crippen LogP contribution is 2.22. The Morgan fingerprint density at radius 2 is 1.69 bits per heavy atom. The van der Waals surface area contributed by atoms with Crippen LogP contribution in [-0.4, -0.2) is 37.4 Å². The predicted octanol–water partition coefficient (Wildman–Crippen LogP) is 3.74. The van der Waals surface area contributed by atoms with Gasteiger partial charge in [0.2, 0.25) is 5.91 Å². The lowest BCUT2D eigenvalue weighted by Gasteiger charge is -2.15. The van der Waals surface area contributed by atoms with Crippen LogP contribution < -0.4 is 9.64 Å². The Bertz CT molecular complexity index is 871. The largest absolute Gasteiger partial charge is 0.482 e. The summed E-state index contributed by atoms with van der Waals surface area (Å²) in [6.45, 7) is 4.29. The normalized spacial score (nSPS) is 13.6. The summed E-state index contributed by atoms with van der Waals surface area (Å²) in [4.78, 5) is 37.5. The van der Waals surface area contributed by atoms with E-state index in [1.54, 1.807) is 41.3 Å². The molecule has 0 aromatic heterocycles. The van der Waals surface area contributed by atoms with Gasteiger partial charge in [-0.3, -0.25) is 9.59 Å². The van der Waals surface area contributed by atoms with Crippen LogP contribution in [0.5, 0.6) is 5.75 Å². The molecule has 2 aromatic rings. The summed E-state index contributed by atoms with van der Waals surface area (Å²) in [5.74, 6) is 0.177. The fourth-order valence-corrected chi connectivity index (χ4v) is 3.11. The minimum atomic E-state index is -0.606. The van der Waals surface area contributed by atoms with Gasteiger partial charge >= 0.3 is 5.97 Å². The fourth-order valence-electron chi connectivity index (χ4n) is 3.11. The molecule has 1 heterocycles. The van der Waals surface area contributed by atoms with Crippen molar-refractivity contribution in [2.24, 2.45) is 0 Å². The topological polar surface area (TPSA) is 72.9 Å². The number of hydrogen-bond donors (Lipinski definition) is 0. The number of amides is 1. The van der Waals surface area contributed by atoms with Crippen molar-refractivity contribution in [3.8, 4) is 5.75 Å². The Morgan fingerprint density at radius 1 is 1.00 bits per heavy atom. The maximum absolute atomic E-state index is 12.2. The first-order chi connectivity index (χ1) is 13.9. The highest BCUT2D eigenvalue weighted by molar-refractivity contribution is 5.99. The molecule has 1 amide bonds. The Hall–Kier alpha value is -3.15. The van der Waals surface area contributed by atoms with Crippen molar-refractivity contribution in [3.63, 3.8) is 0 Å². The molecule has 1 aliphatic rings. The molecule has 2 aromatic carbocycles. The van der Waals surface area contributed by atoms with Crippen molar-refractivity contribution in [2.75, 3.05) is 24.7 Å². The summed E-state index contributed by atoms with van der Waals surface area (Å²) in [6.07, 6.45) is 1.40. The van der Waals surface area contributed by atoms with E-state index in [0.29, 0.717) is 30.2 Å². The molecule has 0 spiro atoms. The molecule has 0 saturated carbocycles. The van der Waals surface area contributed by atoms with Crippen molar-refractivity contribution in [2.45, 2.75) is 32.6 Å². The number of ether oxygens (including phenoxy) is 2. The van der Waals surface area contributed by atoms with Crippen molar-refractivity contribution >= 4 is 23.3 Å². The molecule has 0 N–H and O–H groups in total. The van der Waals surface area contributed by atoms with Crippen molar-refractivity contribution in [1.29, 1.82) is 0 Å². The maximum atomic E-state index is 12.2. The molecular formula is C23H25NO5. The summed E-state index contributed by atoms with van der Waals surface area (Å²) < 4.78 is 10.4. The zero-order valence-electron chi connectivity index (χ0n) is 16.7. The molecule has 6 nitrogen and oxygen atoms in total. The van der Waals surface area contributed by atoms with Gasteiger partial charge in [0, 0.05) is 24.2 Å². The first kappa shape index (κ1) is 20.6. The number of esters is 1. The predicted molar refractivity (Wildman–Crippen MR) is 109 cm³/mol. The first-order valence-electron chi connectivity index (χ1n) is 9.76. The lowest BCUT2D eigenvalue weighted by Crippen LogP contribution is -2.23. The molecular weight excluding hydrogens is 370 g/mol. The van der Waals surface area contributed by atoms with Crippen molar-refractivity contribution < 1.29 is 23.9 Å². The molecule has 29 heavy (non-hydrogen) atoms. The van der Waals surface area contributed by atoms with Gasteiger partial charge < -0.3 is 14.4 Å². The number of carbonyl (C=O) groups is 3. The maximum Gasteiger partial charge on any atom is 0.344 e. The van der Waals surface area contributed by atoms with Crippen LogP contribution in [0.25, 0.3) is 0 Å². The Morgan fingerprint density at radius 3 is 2.28 bits per heavy atom. The summed E-state index contributed by atoms with van der Waals surface area (Å²) >= 11 is 0. The highest BCUT2D eigenvalue weighted by Gasteiger charge is 2.21. The molecule has 3 rings (SSSR count). The van der Waals surface area contributed by atoms with E-state index in [9.17, 15) is 14.4 Å². The first-order valence-corrected chi connectivity index (χ1v) is 9.76. The van der Waals surface area contributed by atoms with Gasteiger partial charge in [-0.1, -0.05) is 26.0 Å². The van der Waals surface area contributed by atoms with Gasteiger partial charge in [0.25, 0.3) is 0 Å². The number of rotatable bonds is 8. The standard InChI is InChI=1S/C23H25NO5/c1-16(2)17-7-11-20(12-8-17)28-15-23(27)29-14-21(25)18-5-9-19(10-6-18)24-13-3-4-22(24)26/h5-12,16H,3-4,13-15H2,1-2H3. The van der Waals surface area contributed by atoms with Gasteiger partial charge in [0.1, 0.15) is 5.75 Å². The lowest BCUT2D eigenvalue weighted by atomic mass is 10.0. The van der Waals surface area contributed by atoms with Gasteiger partial charge in [0.15, 0.2) is 19.0 Å². The Labute approximate surface area is 170 Å². The third kappa shape index (κ3) is 5.44. The van der Waals surface area contributed by atoms with E-state index in [4.69, 9.17) is 9.47 Å². The van der Waals surface area contributed by atoms with Crippen LogP contribution in [0, 0.1) is 0 Å². The molecule has 0 radical (unpaired) electrons. The average molecular weight is 395 g/mol. The summed E-state index contributed by atoms with van der Waals surface area (Å²) in [5.41, 5.74) is 2.39. The van der Waals surface area contributed by atoms with E-state index in [0.717, 1.165) is 12.1 Å². The Kier molecular flexibility index (Phi) is 6.65. The SMILES string of the molecule is CC(C)c1ccc(OCC(=O)OCC(=O)c2ccc(N3CCCC3=O)cc2)cc1. The van der Waals surface area contributed by atoms with Crippen LogP contribution in [-0.2, 0) is 14.3 Å². The zero-order valence-corrected chi connectivity index (χ0v) is 16.7. The quantitative estimate of drug-likeness (QED) is 0.503. The van der Waals surface area contributed by atoms with Crippen LogP contribution in [0.1, 0.15) is 48.5 Å². The monoisotopic (exact) mass is 395 g/mol. The number of ketones is 1. The summed E-state index contributed by atoms with van der Waals surface area (Å²) in [7, 11) is 0. The fraction of sp³-hybridized carbons (Fsp3) is 0.348. The third-order valence-corrected chi connectivity index (χ3v) is 4.84. The minimum Gasteiger partial charge on any atom is -0.482 e. The lowest BCUT2D eigenvalue weighted by molar-refractivity contribution is -0.144. The summed E-state index contributed by atoms with van der Waals surface area (Å²) in [6, 6.07) is 14.3. The van der Waals surface area contributed by atoms with Gasteiger partial charge in [-0.2, -0.15) is 0 Å². The van der Waals surface area contributed by atoms with Crippen LogP contribution in [0.4, 0.5) is 5.69 Å². The number of Topliss-reactive ketones (excluding diaryl/α,β-unsaturated/α-hetero) is 1. The second kappa shape index (κ2) is 9.37. The second-order valence-electron chi connectivity index (χ2n) is 7.29. The van der Waals surface area contributed by atoms with E-state index >= 15 is 0 Å². The van der Waals surface area contributed by atoms with Crippen LogP contribution in [0.2, 0.25) is 0 Å². The van der Waals surface area contributed by atoms with Gasteiger partial charge in [-0.05, 0) is 54.3 Å². The third-order valence-electron chi connectivity index (χ3n) is 4.84. The van der Waals surface area contributed by atoms with E-state index in [1.807, 2.05) is 12.1 Å². The highest BCUT2D eigenvalue weighted by atomic mass is 16.6. The van der Waals surface area contributed by atoms with Gasteiger partial charge in [-0.15, -0.1) is 0 Å². The number of carbonyl (C=O) groups excluding carboxylic acids is 3. The molecule has 1 aliphatic heterocycles. The van der Waals surface area contributed by atoms with Gasteiger partial charge in [0.05, 0.1) is 0 Å². The second-order valence-corrected chi connectivity index (χ2v) is 7.29. The van der Waals surface area contributed by atoms with E-state index in [2.05, 4.69) is 13.8 Å². The molecule has 152 valence electrons. The number of anilines is 1. The smallest absolute Gasteiger partial charge is 0.344 e. The molecule has 6 heteroatoms. The molecule has 1 saturated heterocycles. The van der Waals surface area contributed by atoms with Crippen molar-refractivity contribution in [1.82, 2.24) is 0 Å². The number of hydrogen-bond acceptors (Lipinski definition) is 5. The summed E-state index contributed by atoms with van der Waals surface area (Å²) in [5, 5.41) is 0. The van der Waals surface area contributed by atoms with Crippen LogP contribution >= 0.6 is 0 Å². The molecule has 0 unspecified atom stereocenters. The zero-order chi connectivity index (χ0) is 20.8.